The van der Waals surface area contributed by atoms with Crippen LogP contribution in [0.1, 0.15) is 15.9 Å². The molecule has 0 atom stereocenters. The lowest BCUT2D eigenvalue weighted by atomic mass is 10.1. The largest absolute Gasteiger partial charge is 0.381 e. The van der Waals surface area contributed by atoms with Crippen molar-refractivity contribution in [3.05, 3.63) is 58.2 Å². The number of halogens is 1. The molecule has 6 heteroatoms. The molecule has 1 aromatic heterocycles. The van der Waals surface area contributed by atoms with E-state index in [9.17, 15) is 4.79 Å². The van der Waals surface area contributed by atoms with Gasteiger partial charge < -0.3 is 11.1 Å². The fourth-order valence-corrected chi connectivity index (χ4v) is 2.71. The van der Waals surface area contributed by atoms with E-state index >= 15 is 0 Å². The number of anilines is 1. The fourth-order valence-electron chi connectivity index (χ4n) is 2.15. The summed E-state index contributed by atoms with van der Waals surface area (Å²) in [5.74, 6) is -0.418. The molecule has 3 rings (SSSR count). The Hall–Kier alpha value is -2.34. The number of aromatic amines is 1. The Morgan fingerprint density at radius 2 is 2.19 bits per heavy atom. The standard InChI is InChI=1S/C15H13BrN4O/c16-13-5-11(6-14-12(13)8-19-20-14)18-7-9-2-1-3-10(4-9)15(17)21/h1-6,8,18H,7H2,(H2,17,21)(H,19,20). The molecule has 0 aliphatic carbocycles. The first-order valence-electron chi connectivity index (χ1n) is 6.39. The quantitative estimate of drug-likeness (QED) is 0.680. The molecule has 0 unspecified atom stereocenters. The van der Waals surface area contributed by atoms with Crippen LogP contribution in [0, 0.1) is 0 Å². The van der Waals surface area contributed by atoms with Crippen molar-refractivity contribution in [2.24, 2.45) is 5.73 Å². The second kappa shape index (κ2) is 5.57. The number of H-pyrrole nitrogens is 1. The van der Waals surface area contributed by atoms with E-state index in [0.717, 1.165) is 26.6 Å². The third kappa shape index (κ3) is 2.90. The Kier molecular flexibility index (Phi) is 3.62. The number of nitrogens with two attached hydrogens (primary N) is 1. The molecule has 0 radical (unpaired) electrons. The van der Waals surface area contributed by atoms with Crippen molar-refractivity contribution >= 4 is 38.4 Å². The molecule has 5 nitrogen and oxygen atoms in total. The van der Waals surface area contributed by atoms with Gasteiger partial charge in [-0.05, 0) is 45.8 Å². The Bertz CT molecular complexity index is 812. The minimum absolute atomic E-state index is 0.418. The molecule has 0 aliphatic heterocycles. The van der Waals surface area contributed by atoms with Crippen LogP contribution in [0.2, 0.25) is 0 Å². The molecular formula is C15H13BrN4O. The van der Waals surface area contributed by atoms with Gasteiger partial charge in [0.2, 0.25) is 5.91 Å². The summed E-state index contributed by atoms with van der Waals surface area (Å²) in [6, 6.07) is 11.3. The van der Waals surface area contributed by atoms with Crippen LogP contribution in [0.5, 0.6) is 0 Å². The molecule has 2 aromatic carbocycles. The minimum atomic E-state index is -0.418. The van der Waals surface area contributed by atoms with Crippen LogP contribution in [-0.4, -0.2) is 16.1 Å². The molecule has 0 saturated heterocycles. The van der Waals surface area contributed by atoms with E-state index in [1.807, 2.05) is 24.3 Å². The highest BCUT2D eigenvalue weighted by Crippen LogP contribution is 2.27. The summed E-state index contributed by atoms with van der Waals surface area (Å²) in [4.78, 5) is 11.2. The summed E-state index contributed by atoms with van der Waals surface area (Å²) in [6.45, 7) is 0.604. The van der Waals surface area contributed by atoms with Crippen molar-refractivity contribution in [3.63, 3.8) is 0 Å². The van der Waals surface area contributed by atoms with Crippen molar-refractivity contribution < 1.29 is 4.79 Å². The SMILES string of the molecule is NC(=O)c1cccc(CNc2cc(Br)c3cn[nH]c3c2)c1. The molecule has 0 bridgehead atoms. The number of rotatable bonds is 4. The number of carbonyl (C=O) groups is 1. The van der Waals surface area contributed by atoms with E-state index in [0.29, 0.717) is 12.1 Å². The second-order valence-electron chi connectivity index (χ2n) is 4.71. The number of hydrogen-bond acceptors (Lipinski definition) is 3. The molecule has 1 amide bonds. The number of amides is 1. The summed E-state index contributed by atoms with van der Waals surface area (Å²) < 4.78 is 0.974. The highest BCUT2D eigenvalue weighted by Gasteiger charge is 2.05. The van der Waals surface area contributed by atoms with Gasteiger partial charge in [-0.3, -0.25) is 9.89 Å². The summed E-state index contributed by atoms with van der Waals surface area (Å²) in [5, 5.41) is 11.3. The number of fused-ring (bicyclic) bond motifs is 1. The molecule has 0 spiro atoms. The van der Waals surface area contributed by atoms with Gasteiger partial charge in [-0.15, -0.1) is 0 Å². The maximum absolute atomic E-state index is 11.2. The smallest absolute Gasteiger partial charge is 0.248 e. The predicted molar refractivity (Wildman–Crippen MR) is 86.1 cm³/mol. The van der Waals surface area contributed by atoms with E-state index in [-0.39, 0.29) is 0 Å². The van der Waals surface area contributed by atoms with Crippen LogP contribution in [0.25, 0.3) is 10.9 Å². The summed E-state index contributed by atoms with van der Waals surface area (Å²) in [6.07, 6.45) is 1.78. The molecule has 21 heavy (non-hydrogen) atoms. The van der Waals surface area contributed by atoms with Gasteiger partial charge in [-0.2, -0.15) is 5.10 Å². The Morgan fingerprint density at radius 1 is 1.33 bits per heavy atom. The third-order valence-electron chi connectivity index (χ3n) is 3.22. The van der Waals surface area contributed by atoms with E-state index < -0.39 is 5.91 Å². The zero-order valence-corrected chi connectivity index (χ0v) is 12.6. The van der Waals surface area contributed by atoms with Gasteiger partial charge in [0.15, 0.2) is 0 Å². The lowest BCUT2D eigenvalue weighted by Crippen LogP contribution is -2.11. The average molecular weight is 345 g/mol. The molecule has 0 aliphatic rings. The zero-order valence-electron chi connectivity index (χ0n) is 11.1. The molecule has 0 saturated carbocycles. The lowest BCUT2D eigenvalue weighted by Gasteiger charge is -2.08. The molecule has 4 N–H and O–H groups in total. The van der Waals surface area contributed by atoms with Crippen LogP contribution in [-0.2, 0) is 6.54 Å². The first-order valence-corrected chi connectivity index (χ1v) is 7.18. The van der Waals surface area contributed by atoms with Crippen LogP contribution in [0.3, 0.4) is 0 Å². The first kappa shape index (κ1) is 13.6. The lowest BCUT2D eigenvalue weighted by molar-refractivity contribution is 0.1000. The number of aromatic nitrogens is 2. The highest BCUT2D eigenvalue weighted by atomic mass is 79.9. The highest BCUT2D eigenvalue weighted by molar-refractivity contribution is 9.10. The molecular weight excluding hydrogens is 332 g/mol. The topological polar surface area (TPSA) is 83.8 Å². The van der Waals surface area contributed by atoms with Crippen molar-refractivity contribution in [2.75, 3.05) is 5.32 Å². The minimum Gasteiger partial charge on any atom is -0.381 e. The van der Waals surface area contributed by atoms with Gasteiger partial charge in [-0.1, -0.05) is 12.1 Å². The van der Waals surface area contributed by atoms with E-state index in [4.69, 9.17) is 5.73 Å². The number of nitrogens with zero attached hydrogens (tertiary/aromatic N) is 1. The molecule has 3 aromatic rings. The number of primary amides is 1. The van der Waals surface area contributed by atoms with Crippen LogP contribution in [0.15, 0.2) is 47.1 Å². The Labute approximate surface area is 129 Å². The van der Waals surface area contributed by atoms with E-state index in [1.165, 1.54) is 0 Å². The summed E-state index contributed by atoms with van der Waals surface area (Å²) in [5.41, 5.74) is 8.71. The summed E-state index contributed by atoms with van der Waals surface area (Å²) in [7, 11) is 0. The zero-order chi connectivity index (χ0) is 14.8. The molecule has 1 heterocycles. The Morgan fingerprint density at radius 3 is 3.00 bits per heavy atom. The number of benzene rings is 2. The monoisotopic (exact) mass is 344 g/mol. The van der Waals surface area contributed by atoms with Gasteiger partial charge in [0.25, 0.3) is 0 Å². The first-order chi connectivity index (χ1) is 10.1. The van der Waals surface area contributed by atoms with Crippen LogP contribution < -0.4 is 11.1 Å². The van der Waals surface area contributed by atoms with Gasteiger partial charge in [0.05, 0.1) is 11.7 Å². The van der Waals surface area contributed by atoms with Crippen molar-refractivity contribution in [1.82, 2.24) is 10.2 Å². The normalized spacial score (nSPS) is 10.7. The van der Waals surface area contributed by atoms with Crippen LogP contribution >= 0.6 is 15.9 Å². The van der Waals surface area contributed by atoms with Crippen molar-refractivity contribution in [2.45, 2.75) is 6.54 Å². The van der Waals surface area contributed by atoms with E-state index in [1.54, 1.807) is 18.3 Å². The van der Waals surface area contributed by atoms with Gasteiger partial charge in [0.1, 0.15) is 0 Å². The number of carbonyl (C=O) groups excluding carboxylic acids is 1. The van der Waals surface area contributed by atoms with Crippen molar-refractivity contribution in [3.8, 4) is 0 Å². The van der Waals surface area contributed by atoms with Gasteiger partial charge in [0, 0.05) is 27.7 Å². The van der Waals surface area contributed by atoms with Crippen molar-refractivity contribution in [1.29, 1.82) is 0 Å². The fraction of sp³-hybridized carbons (Fsp3) is 0.0667. The van der Waals surface area contributed by atoms with Gasteiger partial charge in [-0.25, -0.2) is 0 Å². The molecule has 106 valence electrons. The number of hydrogen-bond donors (Lipinski definition) is 3. The molecule has 0 fully saturated rings. The summed E-state index contributed by atoms with van der Waals surface area (Å²) >= 11 is 3.52. The second-order valence-corrected chi connectivity index (χ2v) is 5.56. The van der Waals surface area contributed by atoms with Gasteiger partial charge >= 0.3 is 0 Å². The van der Waals surface area contributed by atoms with Crippen LogP contribution in [0.4, 0.5) is 5.69 Å². The average Bonchev–Trinajstić information content (AvgIpc) is 2.94. The maximum Gasteiger partial charge on any atom is 0.248 e. The number of nitrogens with one attached hydrogen (secondary N) is 2. The van der Waals surface area contributed by atoms with E-state index in [2.05, 4.69) is 31.4 Å². The Balaban J connectivity index is 1.80. The maximum atomic E-state index is 11.2. The predicted octanol–water partition coefficient (Wildman–Crippen LogP) is 3.04. The third-order valence-corrected chi connectivity index (χ3v) is 3.87.